The summed E-state index contributed by atoms with van der Waals surface area (Å²) in [5.41, 5.74) is 7.92. The third kappa shape index (κ3) is 3.97. The molecule has 0 aliphatic carbocycles. The molecule has 0 spiro atoms. The van der Waals surface area contributed by atoms with Crippen molar-refractivity contribution in [1.82, 2.24) is 0 Å². The minimum Gasteiger partial charge on any atom is -0.397 e. The topological polar surface area (TPSA) is 71.1 Å². The van der Waals surface area contributed by atoms with Crippen molar-refractivity contribution in [2.24, 2.45) is 0 Å². The monoisotopic (exact) mass is 233 g/mol. The molecular formula is C13H19N3O. The first-order chi connectivity index (χ1) is 8.21. The minimum atomic E-state index is 0.250. The SMILES string of the molecule is CCCC(COC)Nc1ccc(C#N)cc1N. The van der Waals surface area contributed by atoms with E-state index in [1.54, 1.807) is 19.2 Å². The van der Waals surface area contributed by atoms with Crippen LogP contribution < -0.4 is 11.1 Å². The Labute approximate surface area is 102 Å². The van der Waals surface area contributed by atoms with E-state index in [0.717, 1.165) is 18.5 Å². The molecule has 0 saturated heterocycles. The van der Waals surface area contributed by atoms with Gasteiger partial charge in [0.1, 0.15) is 0 Å². The smallest absolute Gasteiger partial charge is 0.0992 e. The molecule has 0 heterocycles. The molecule has 3 N–H and O–H groups in total. The number of hydrogen-bond donors (Lipinski definition) is 2. The minimum absolute atomic E-state index is 0.250. The van der Waals surface area contributed by atoms with Crippen LogP contribution in [0.5, 0.6) is 0 Å². The lowest BCUT2D eigenvalue weighted by molar-refractivity contribution is 0.182. The van der Waals surface area contributed by atoms with E-state index in [-0.39, 0.29) is 6.04 Å². The number of nitrogen functional groups attached to an aromatic ring is 1. The van der Waals surface area contributed by atoms with Crippen LogP contribution in [0, 0.1) is 11.3 Å². The van der Waals surface area contributed by atoms with E-state index >= 15 is 0 Å². The van der Waals surface area contributed by atoms with Gasteiger partial charge < -0.3 is 15.8 Å². The number of nitrogens with two attached hydrogens (primary N) is 1. The Balaban J connectivity index is 2.75. The fourth-order valence-electron chi connectivity index (χ4n) is 1.73. The largest absolute Gasteiger partial charge is 0.397 e. The molecule has 1 rings (SSSR count). The Morgan fingerprint density at radius 2 is 2.29 bits per heavy atom. The number of methoxy groups -OCH3 is 1. The predicted octanol–water partition coefficient (Wildman–Crippen LogP) is 2.37. The molecule has 1 atom stereocenters. The van der Waals surface area contributed by atoms with Crippen molar-refractivity contribution in [1.29, 1.82) is 5.26 Å². The van der Waals surface area contributed by atoms with Gasteiger partial charge in [0.2, 0.25) is 0 Å². The van der Waals surface area contributed by atoms with Crippen LogP contribution in [0.4, 0.5) is 11.4 Å². The van der Waals surface area contributed by atoms with Crippen LogP contribution in [0.1, 0.15) is 25.3 Å². The van der Waals surface area contributed by atoms with Gasteiger partial charge in [0.05, 0.1) is 29.6 Å². The summed E-state index contributed by atoms with van der Waals surface area (Å²) in [6, 6.07) is 7.59. The fourth-order valence-corrected chi connectivity index (χ4v) is 1.73. The van der Waals surface area contributed by atoms with Crippen molar-refractivity contribution in [3.63, 3.8) is 0 Å². The average molecular weight is 233 g/mol. The highest BCUT2D eigenvalue weighted by Crippen LogP contribution is 2.21. The Morgan fingerprint density at radius 3 is 2.82 bits per heavy atom. The lowest BCUT2D eigenvalue weighted by Crippen LogP contribution is -2.25. The fraction of sp³-hybridized carbons (Fsp3) is 0.462. The molecule has 0 aromatic heterocycles. The summed E-state index contributed by atoms with van der Waals surface area (Å²) in [6.45, 7) is 2.78. The average Bonchev–Trinajstić information content (AvgIpc) is 2.32. The van der Waals surface area contributed by atoms with E-state index in [4.69, 9.17) is 15.7 Å². The molecule has 4 heteroatoms. The van der Waals surface area contributed by atoms with Crippen LogP contribution in [-0.2, 0) is 4.74 Å². The first-order valence-electron chi connectivity index (χ1n) is 5.76. The van der Waals surface area contributed by atoms with Gasteiger partial charge in [0.25, 0.3) is 0 Å². The molecule has 17 heavy (non-hydrogen) atoms. The molecule has 1 unspecified atom stereocenters. The van der Waals surface area contributed by atoms with E-state index in [1.807, 2.05) is 6.07 Å². The van der Waals surface area contributed by atoms with Crippen molar-refractivity contribution in [2.75, 3.05) is 24.8 Å². The van der Waals surface area contributed by atoms with Gasteiger partial charge in [0, 0.05) is 13.2 Å². The first-order valence-corrected chi connectivity index (χ1v) is 5.76. The van der Waals surface area contributed by atoms with Crippen molar-refractivity contribution < 1.29 is 4.74 Å². The Bertz CT molecular complexity index is 392. The van der Waals surface area contributed by atoms with Gasteiger partial charge in [-0.3, -0.25) is 0 Å². The highest BCUT2D eigenvalue weighted by Gasteiger charge is 2.09. The maximum atomic E-state index is 8.76. The summed E-state index contributed by atoms with van der Waals surface area (Å²) in [7, 11) is 1.69. The second kappa shape index (κ2) is 6.77. The van der Waals surface area contributed by atoms with Gasteiger partial charge in [-0.2, -0.15) is 5.26 Å². The number of hydrogen-bond acceptors (Lipinski definition) is 4. The van der Waals surface area contributed by atoms with Crippen molar-refractivity contribution in [3.8, 4) is 6.07 Å². The lowest BCUT2D eigenvalue weighted by Gasteiger charge is -2.19. The predicted molar refractivity (Wildman–Crippen MR) is 69.8 cm³/mol. The number of nitrogens with zero attached hydrogens (tertiary/aromatic N) is 1. The highest BCUT2D eigenvalue weighted by atomic mass is 16.5. The van der Waals surface area contributed by atoms with Gasteiger partial charge in [-0.1, -0.05) is 13.3 Å². The van der Waals surface area contributed by atoms with Crippen LogP contribution in [0.3, 0.4) is 0 Å². The van der Waals surface area contributed by atoms with E-state index in [2.05, 4.69) is 18.3 Å². The third-order valence-corrected chi connectivity index (χ3v) is 2.55. The van der Waals surface area contributed by atoms with Gasteiger partial charge in [0.15, 0.2) is 0 Å². The second-order valence-electron chi connectivity index (χ2n) is 4.00. The van der Waals surface area contributed by atoms with Crippen LogP contribution in [-0.4, -0.2) is 19.8 Å². The van der Waals surface area contributed by atoms with Gasteiger partial charge in [-0.15, -0.1) is 0 Å². The molecule has 4 nitrogen and oxygen atoms in total. The molecule has 0 saturated carbocycles. The lowest BCUT2D eigenvalue weighted by atomic mass is 10.1. The second-order valence-corrected chi connectivity index (χ2v) is 4.00. The zero-order valence-corrected chi connectivity index (χ0v) is 10.4. The number of rotatable bonds is 6. The normalized spacial score (nSPS) is 11.8. The number of nitriles is 1. The third-order valence-electron chi connectivity index (χ3n) is 2.55. The van der Waals surface area contributed by atoms with Gasteiger partial charge in [-0.25, -0.2) is 0 Å². The molecule has 0 aliphatic rings. The molecular weight excluding hydrogens is 214 g/mol. The molecule has 0 radical (unpaired) electrons. The van der Waals surface area contributed by atoms with Gasteiger partial charge >= 0.3 is 0 Å². The summed E-state index contributed by atoms with van der Waals surface area (Å²) in [6.07, 6.45) is 2.10. The Hall–Kier alpha value is -1.73. The molecule has 1 aromatic rings. The van der Waals surface area contributed by atoms with Crippen LogP contribution >= 0.6 is 0 Å². The van der Waals surface area contributed by atoms with Crippen molar-refractivity contribution in [2.45, 2.75) is 25.8 Å². The quantitative estimate of drug-likeness (QED) is 0.740. The zero-order chi connectivity index (χ0) is 12.7. The molecule has 92 valence electrons. The molecule has 0 fully saturated rings. The summed E-state index contributed by atoms with van der Waals surface area (Å²) >= 11 is 0. The number of nitrogens with one attached hydrogen (secondary N) is 1. The van der Waals surface area contributed by atoms with Crippen molar-refractivity contribution in [3.05, 3.63) is 23.8 Å². The molecule has 0 amide bonds. The Kier molecular flexibility index (Phi) is 5.31. The molecule has 1 aromatic carbocycles. The van der Waals surface area contributed by atoms with Crippen LogP contribution in [0.25, 0.3) is 0 Å². The standard InChI is InChI=1S/C13H19N3O/c1-3-4-11(9-17-2)16-13-6-5-10(8-14)7-12(13)15/h5-7,11,16H,3-4,9,15H2,1-2H3. The summed E-state index contributed by atoms with van der Waals surface area (Å²) in [5, 5.41) is 12.1. The van der Waals surface area contributed by atoms with Crippen LogP contribution in [0.15, 0.2) is 18.2 Å². The maximum absolute atomic E-state index is 8.76. The highest BCUT2D eigenvalue weighted by molar-refractivity contribution is 5.68. The molecule has 0 aliphatic heterocycles. The Morgan fingerprint density at radius 1 is 1.53 bits per heavy atom. The summed E-state index contributed by atoms with van der Waals surface area (Å²) in [4.78, 5) is 0. The van der Waals surface area contributed by atoms with Crippen LogP contribution in [0.2, 0.25) is 0 Å². The van der Waals surface area contributed by atoms with E-state index < -0.39 is 0 Å². The van der Waals surface area contributed by atoms with Crippen molar-refractivity contribution >= 4 is 11.4 Å². The summed E-state index contributed by atoms with van der Waals surface area (Å²) < 4.78 is 5.16. The van der Waals surface area contributed by atoms with Gasteiger partial charge in [-0.05, 0) is 24.6 Å². The maximum Gasteiger partial charge on any atom is 0.0992 e. The zero-order valence-electron chi connectivity index (χ0n) is 10.4. The number of benzene rings is 1. The van der Waals surface area contributed by atoms with E-state index in [9.17, 15) is 0 Å². The van der Waals surface area contributed by atoms with E-state index in [0.29, 0.717) is 17.9 Å². The van der Waals surface area contributed by atoms with E-state index in [1.165, 1.54) is 0 Å². The number of anilines is 2. The molecule has 0 bridgehead atoms. The first kappa shape index (κ1) is 13.3. The summed E-state index contributed by atoms with van der Waals surface area (Å²) in [5.74, 6) is 0. The number of ether oxygens (including phenoxy) is 1.